The van der Waals surface area contributed by atoms with Crippen LogP contribution in [0.5, 0.6) is 0 Å². The second kappa shape index (κ2) is 6.11. The van der Waals surface area contributed by atoms with Gasteiger partial charge in [-0.1, -0.05) is 17.7 Å². The average molecular weight is 271 g/mol. The minimum absolute atomic E-state index is 0.0222. The summed E-state index contributed by atoms with van der Waals surface area (Å²) >= 11 is 5.79. The van der Waals surface area contributed by atoms with Crippen molar-refractivity contribution in [2.24, 2.45) is 0 Å². The van der Waals surface area contributed by atoms with Crippen molar-refractivity contribution in [3.63, 3.8) is 0 Å². The summed E-state index contributed by atoms with van der Waals surface area (Å²) < 4.78 is 0. The first kappa shape index (κ1) is 14.1. The Labute approximate surface area is 108 Å². The fourth-order valence-electron chi connectivity index (χ4n) is 1.26. The van der Waals surface area contributed by atoms with Gasteiger partial charge in [0.15, 0.2) is 0 Å². The zero-order valence-corrected chi connectivity index (χ0v) is 10.4. The summed E-state index contributed by atoms with van der Waals surface area (Å²) in [5.74, 6) is -0.511. The van der Waals surface area contributed by atoms with Crippen LogP contribution in [0, 0.1) is 10.1 Å². The molecule has 1 amide bonds. The number of benzene rings is 1. The van der Waals surface area contributed by atoms with Crippen molar-refractivity contribution in [1.82, 2.24) is 0 Å². The van der Waals surface area contributed by atoms with Crippen LogP contribution in [0.1, 0.15) is 19.8 Å². The van der Waals surface area contributed by atoms with Gasteiger partial charge in [-0.25, -0.2) is 0 Å². The first-order chi connectivity index (χ1) is 8.41. The number of hydrogen-bond acceptors (Lipinski definition) is 4. The molecule has 0 radical (unpaired) electrons. The molecular weight excluding hydrogens is 260 g/mol. The average Bonchev–Trinajstić information content (AvgIpc) is 2.29. The highest BCUT2D eigenvalue weighted by molar-refractivity contribution is 6.35. The van der Waals surface area contributed by atoms with Crippen LogP contribution in [0.2, 0.25) is 5.02 Å². The highest BCUT2D eigenvalue weighted by Crippen LogP contribution is 2.31. The number of carbonyl (C=O) groups excluding carboxylic acids is 2. The minimum atomic E-state index is -0.631. The Morgan fingerprint density at radius 2 is 2.06 bits per heavy atom. The number of anilines is 1. The fraction of sp³-hybridized carbons (Fsp3) is 0.273. The Kier molecular flexibility index (Phi) is 4.79. The number of nitrogens with zero attached hydrogens (tertiary/aromatic N) is 1. The molecule has 0 fully saturated rings. The highest BCUT2D eigenvalue weighted by atomic mass is 35.5. The maximum Gasteiger partial charge on any atom is 0.290 e. The Morgan fingerprint density at radius 3 is 2.61 bits per heavy atom. The van der Waals surface area contributed by atoms with Crippen LogP contribution in [0.25, 0.3) is 0 Å². The number of hydrogen-bond donors (Lipinski definition) is 1. The van der Waals surface area contributed by atoms with Gasteiger partial charge in [-0.2, -0.15) is 0 Å². The standard InChI is InChI=1S/C11H11ClN2O4/c1-7(15)5-6-10(16)13-8-3-2-4-9(11(8)12)14(17)18/h2-4H,5-6H2,1H3,(H,13,16). The maximum absolute atomic E-state index is 11.5. The number of ketones is 1. The highest BCUT2D eigenvalue weighted by Gasteiger charge is 2.16. The van der Waals surface area contributed by atoms with Gasteiger partial charge >= 0.3 is 0 Å². The number of rotatable bonds is 5. The van der Waals surface area contributed by atoms with E-state index in [2.05, 4.69) is 5.32 Å². The molecule has 18 heavy (non-hydrogen) atoms. The van der Waals surface area contributed by atoms with Gasteiger partial charge in [0, 0.05) is 18.9 Å². The summed E-state index contributed by atoms with van der Waals surface area (Å²) in [6.07, 6.45) is 0.146. The number of carbonyl (C=O) groups is 2. The lowest BCUT2D eigenvalue weighted by Crippen LogP contribution is -2.13. The Bertz CT molecular complexity index is 502. The Morgan fingerprint density at radius 1 is 1.39 bits per heavy atom. The van der Waals surface area contributed by atoms with E-state index in [1.54, 1.807) is 0 Å². The second-order valence-electron chi connectivity index (χ2n) is 3.65. The van der Waals surface area contributed by atoms with E-state index in [4.69, 9.17) is 11.6 Å². The largest absolute Gasteiger partial charge is 0.325 e. The number of halogens is 1. The van der Waals surface area contributed by atoms with Crippen molar-refractivity contribution < 1.29 is 14.5 Å². The number of amides is 1. The van der Waals surface area contributed by atoms with Gasteiger partial charge in [0.2, 0.25) is 5.91 Å². The zero-order chi connectivity index (χ0) is 13.7. The molecule has 6 nitrogen and oxygen atoms in total. The molecule has 0 bridgehead atoms. The van der Waals surface area contributed by atoms with Crippen LogP contribution in [-0.4, -0.2) is 16.6 Å². The van der Waals surface area contributed by atoms with Crippen molar-refractivity contribution >= 4 is 34.7 Å². The molecule has 0 saturated carbocycles. The second-order valence-corrected chi connectivity index (χ2v) is 4.02. The molecule has 0 spiro atoms. The molecule has 0 atom stereocenters. The number of nitrogens with one attached hydrogen (secondary N) is 1. The van der Waals surface area contributed by atoms with Crippen LogP contribution in [0.3, 0.4) is 0 Å². The van der Waals surface area contributed by atoms with Crippen LogP contribution in [0.15, 0.2) is 18.2 Å². The summed E-state index contributed by atoms with van der Waals surface area (Å²) in [6.45, 7) is 1.38. The molecule has 1 rings (SSSR count). The molecule has 0 aliphatic carbocycles. The topological polar surface area (TPSA) is 89.3 Å². The van der Waals surface area contributed by atoms with E-state index in [-0.39, 0.29) is 35.0 Å². The van der Waals surface area contributed by atoms with Crippen molar-refractivity contribution in [2.75, 3.05) is 5.32 Å². The number of Topliss-reactive ketones (excluding diaryl/α,β-unsaturated/α-hetero) is 1. The van der Waals surface area contributed by atoms with Gasteiger partial charge < -0.3 is 10.1 Å². The van der Waals surface area contributed by atoms with Gasteiger partial charge in [-0.15, -0.1) is 0 Å². The van der Waals surface area contributed by atoms with Gasteiger partial charge in [-0.3, -0.25) is 14.9 Å². The van der Waals surface area contributed by atoms with E-state index in [9.17, 15) is 19.7 Å². The van der Waals surface area contributed by atoms with Crippen molar-refractivity contribution in [3.05, 3.63) is 33.3 Å². The monoisotopic (exact) mass is 270 g/mol. The zero-order valence-electron chi connectivity index (χ0n) is 9.60. The molecule has 7 heteroatoms. The number of nitro benzene ring substituents is 1. The quantitative estimate of drug-likeness (QED) is 0.658. The molecule has 1 aromatic rings. The first-order valence-electron chi connectivity index (χ1n) is 5.14. The molecule has 0 saturated heterocycles. The molecule has 0 aliphatic rings. The van der Waals surface area contributed by atoms with E-state index in [0.717, 1.165) is 0 Å². The third-order valence-corrected chi connectivity index (χ3v) is 2.55. The molecule has 0 heterocycles. The normalized spacial score (nSPS) is 9.89. The van der Waals surface area contributed by atoms with Crippen LogP contribution in [-0.2, 0) is 9.59 Å². The molecule has 0 unspecified atom stereocenters. The van der Waals surface area contributed by atoms with Crippen LogP contribution >= 0.6 is 11.6 Å². The molecule has 1 aromatic carbocycles. The molecule has 1 N–H and O–H groups in total. The van der Waals surface area contributed by atoms with Crippen LogP contribution in [0.4, 0.5) is 11.4 Å². The first-order valence-corrected chi connectivity index (χ1v) is 5.52. The lowest BCUT2D eigenvalue weighted by Gasteiger charge is -2.06. The lowest BCUT2D eigenvalue weighted by molar-refractivity contribution is -0.384. The summed E-state index contributed by atoms with van der Waals surface area (Å²) in [7, 11) is 0. The van der Waals surface area contributed by atoms with Gasteiger partial charge in [0.05, 0.1) is 10.6 Å². The summed E-state index contributed by atoms with van der Waals surface area (Å²) in [5.41, 5.74) is -0.111. The smallest absolute Gasteiger partial charge is 0.290 e. The Balaban J connectivity index is 2.79. The Hall–Kier alpha value is -1.95. The van der Waals surface area contributed by atoms with Crippen molar-refractivity contribution in [1.29, 1.82) is 0 Å². The van der Waals surface area contributed by atoms with Gasteiger partial charge in [-0.05, 0) is 13.0 Å². The fourth-order valence-corrected chi connectivity index (χ4v) is 1.50. The van der Waals surface area contributed by atoms with E-state index in [1.165, 1.54) is 25.1 Å². The predicted octanol–water partition coefficient (Wildman–Crippen LogP) is 2.56. The molecule has 0 aromatic heterocycles. The minimum Gasteiger partial charge on any atom is -0.325 e. The predicted molar refractivity (Wildman–Crippen MR) is 66.7 cm³/mol. The SMILES string of the molecule is CC(=O)CCC(=O)Nc1cccc([N+](=O)[O-])c1Cl. The van der Waals surface area contributed by atoms with Crippen molar-refractivity contribution in [3.8, 4) is 0 Å². The third-order valence-electron chi connectivity index (χ3n) is 2.15. The van der Waals surface area contributed by atoms with Crippen molar-refractivity contribution in [2.45, 2.75) is 19.8 Å². The van der Waals surface area contributed by atoms with E-state index in [0.29, 0.717) is 0 Å². The summed E-state index contributed by atoms with van der Waals surface area (Å²) in [5, 5.41) is 12.9. The molecular formula is C11H11ClN2O4. The summed E-state index contributed by atoms with van der Waals surface area (Å²) in [4.78, 5) is 32.2. The maximum atomic E-state index is 11.5. The molecule has 96 valence electrons. The lowest BCUT2D eigenvalue weighted by atomic mass is 10.2. The van der Waals surface area contributed by atoms with Gasteiger partial charge in [0.25, 0.3) is 5.69 Å². The van der Waals surface area contributed by atoms with E-state index >= 15 is 0 Å². The third kappa shape index (κ3) is 3.81. The van der Waals surface area contributed by atoms with E-state index in [1.807, 2.05) is 0 Å². The van der Waals surface area contributed by atoms with E-state index < -0.39 is 10.8 Å². The summed E-state index contributed by atoms with van der Waals surface area (Å²) in [6, 6.07) is 4.12. The van der Waals surface area contributed by atoms with Gasteiger partial charge in [0.1, 0.15) is 10.8 Å². The number of nitro groups is 1. The molecule has 0 aliphatic heterocycles. The van der Waals surface area contributed by atoms with Crippen LogP contribution < -0.4 is 5.32 Å².